The molecule has 0 saturated carbocycles. The number of amides is 1. The Bertz CT molecular complexity index is 123. The summed E-state index contributed by atoms with van der Waals surface area (Å²) in [6, 6.07) is 0. The molecule has 0 spiro atoms. The van der Waals surface area contributed by atoms with Gasteiger partial charge >= 0.3 is 6.18 Å². The number of nitrogens with two attached hydrogens (primary N) is 1. The molecule has 0 aliphatic carbocycles. The van der Waals surface area contributed by atoms with Gasteiger partial charge < -0.3 is 5.73 Å². The van der Waals surface area contributed by atoms with Crippen molar-refractivity contribution in [2.75, 3.05) is 0 Å². The number of hydrogen-bond donors (Lipinski definition) is 1. The number of carbonyl (C=O) groups excluding carboxylic acids is 1. The van der Waals surface area contributed by atoms with Crippen molar-refractivity contribution in [3.05, 3.63) is 0 Å². The van der Waals surface area contributed by atoms with Crippen LogP contribution in [0.25, 0.3) is 0 Å². The first-order chi connectivity index (χ1) is 3.85. The van der Waals surface area contributed by atoms with Crippen LogP contribution >= 0.6 is 0 Å². The van der Waals surface area contributed by atoms with E-state index in [1.165, 1.54) is 0 Å². The maximum atomic E-state index is 11.4. The highest BCUT2D eigenvalue weighted by atomic mass is 28.1. The quantitative estimate of drug-likeness (QED) is 0.497. The van der Waals surface area contributed by atoms with E-state index in [0.717, 1.165) is 0 Å². The summed E-state index contributed by atoms with van der Waals surface area (Å²) in [6.45, 7) is 0. The minimum Gasteiger partial charge on any atom is -0.369 e. The zero-order chi connectivity index (χ0) is 7.65. The van der Waals surface area contributed by atoms with E-state index in [1.54, 1.807) is 0 Å². The van der Waals surface area contributed by atoms with Gasteiger partial charge in [0.15, 0.2) is 0 Å². The molecule has 0 saturated heterocycles. The summed E-state index contributed by atoms with van der Waals surface area (Å²) in [6.07, 6.45) is -4.43. The number of carbonyl (C=O) groups is 1. The minimum absolute atomic E-state index is 0.267. The third-order valence-electron chi connectivity index (χ3n) is 0.918. The van der Waals surface area contributed by atoms with Crippen molar-refractivity contribution in [3.8, 4) is 0 Å². The monoisotopic (exact) mass is 157 g/mol. The molecule has 0 aromatic rings. The van der Waals surface area contributed by atoms with Crippen molar-refractivity contribution in [1.82, 2.24) is 0 Å². The number of alkyl halides is 3. The maximum Gasteiger partial charge on any atom is 0.397 e. The first-order valence-electron chi connectivity index (χ1n) is 2.21. The van der Waals surface area contributed by atoms with E-state index in [0.29, 0.717) is 0 Å². The molecule has 54 valence electrons. The van der Waals surface area contributed by atoms with Crippen LogP contribution in [0.2, 0.25) is 5.54 Å². The molecule has 0 aliphatic rings. The van der Waals surface area contributed by atoms with Crippen molar-refractivity contribution in [1.29, 1.82) is 0 Å². The fourth-order valence-corrected chi connectivity index (χ4v) is 0.161. The smallest absolute Gasteiger partial charge is 0.369 e. The molecule has 0 rings (SSSR count). The normalized spacial score (nSPS) is 15.4. The predicted molar refractivity (Wildman–Crippen MR) is 28.9 cm³/mol. The summed E-state index contributed by atoms with van der Waals surface area (Å²) in [5.41, 5.74) is 2.49. The van der Waals surface area contributed by atoms with E-state index in [4.69, 9.17) is 0 Å². The maximum absolute atomic E-state index is 11.4. The summed E-state index contributed by atoms with van der Waals surface area (Å²) in [4.78, 5) is 9.88. The molecule has 2 nitrogen and oxygen atoms in total. The Morgan fingerprint density at radius 1 is 1.56 bits per heavy atom. The van der Waals surface area contributed by atoms with Crippen molar-refractivity contribution in [2.24, 2.45) is 5.73 Å². The SMILES string of the molecule is NC(=O)C([SiH3])C(F)(F)F. The van der Waals surface area contributed by atoms with Crippen molar-refractivity contribution < 1.29 is 18.0 Å². The van der Waals surface area contributed by atoms with Crippen LogP contribution in [0.15, 0.2) is 0 Å². The summed E-state index contributed by atoms with van der Waals surface area (Å²) < 4.78 is 34.3. The molecule has 0 aromatic heterocycles. The molecule has 0 heterocycles. The van der Waals surface area contributed by atoms with Crippen LogP contribution in [0.4, 0.5) is 13.2 Å². The van der Waals surface area contributed by atoms with Crippen LogP contribution in [0.1, 0.15) is 0 Å². The second kappa shape index (κ2) is 2.38. The molecule has 0 fully saturated rings. The van der Waals surface area contributed by atoms with Gasteiger partial charge in [-0.05, 0) is 0 Å². The number of primary amides is 1. The van der Waals surface area contributed by atoms with Crippen molar-refractivity contribution in [3.63, 3.8) is 0 Å². The first kappa shape index (κ1) is 8.48. The van der Waals surface area contributed by atoms with Gasteiger partial charge in [-0.2, -0.15) is 13.2 Å². The number of rotatable bonds is 1. The standard InChI is InChI=1S/C3H6F3NOSi/c4-3(5,6)1(9)2(7)8/h1H,9H3,(H2,7,8). The Morgan fingerprint density at radius 2 is 1.89 bits per heavy atom. The first-order valence-corrected chi connectivity index (χ1v) is 3.37. The number of hydrogen-bond acceptors (Lipinski definition) is 1. The molecule has 0 radical (unpaired) electrons. The van der Waals surface area contributed by atoms with Gasteiger partial charge in [0.1, 0.15) is 5.54 Å². The molecule has 1 atom stereocenters. The fourth-order valence-electron chi connectivity index (χ4n) is 0.161. The van der Waals surface area contributed by atoms with E-state index in [-0.39, 0.29) is 10.2 Å². The topological polar surface area (TPSA) is 43.1 Å². The van der Waals surface area contributed by atoms with Gasteiger partial charge in [-0.1, -0.05) is 0 Å². The van der Waals surface area contributed by atoms with Crippen molar-refractivity contribution >= 4 is 16.1 Å². The average molecular weight is 157 g/mol. The second-order valence-electron chi connectivity index (χ2n) is 1.67. The lowest BCUT2D eigenvalue weighted by atomic mass is 10.4. The van der Waals surface area contributed by atoms with E-state index in [2.05, 4.69) is 5.73 Å². The lowest BCUT2D eigenvalue weighted by Crippen LogP contribution is -2.30. The van der Waals surface area contributed by atoms with Gasteiger partial charge in [0.25, 0.3) is 0 Å². The lowest BCUT2D eigenvalue weighted by Gasteiger charge is -2.10. The zero-order valence-electron chi connectivity index (χ0n) is 4.70. The Kier molecular flexibility index (Phi) is 2.24. The summed E-state index contributed by atoms with van der Waals surface area (Å²) in [7, 11) is -0.267. The summed E-state index contributed by atoms with van der Waals surface area (Å²) in [5.74, 6) is -1.28. The van der Waals surface area contributed by atoms with E-state index >= 15 is 0 Å². The van der Waals surface area contributed by atoms with Crippen LogP contribution in [-0.2, 0) is 4.79 Å². The van der Waals surface area contributed by atoms with E-state index < -0.39 is 17.6 Å². The average Bonchev–Trinajstić information content (AvgIpc) is 1.62. The third kappa shape index (κ3) is 2.50. The molecule has 2 N–H and O–H groups in total. The highest BCUT2D eigenvalue weighted by Crippen LogP contribution is 2.27. The van der Waals surface area contributed by atoms with Crippen LogP contribution < -0.4 is 5.73 Å². The van der Waals surface area contributed by atoms with Gasteiger partial charge in [0.2, 0.25) is 5.91 Å². The molecular weight excluding hydrogens is 151 g/mol. The molecular formula is C3H6F3NOSi. The molecule has 6 heteroatoms. The van der Waals surface area contributed by atoms with E-state index in [1.807, 2.05) is 0 Å². The third-order valence-corrected chi connectivity index (χ3v) is 2.14. The van der Waals surface area contributed by atoms with Crippen LogP contribution in [0.5, 0.6) is 0 Å². The lowest BCUT2D eigenvalue weighted by molar-refractivity contribution is -0.150. The molecule has 0 aliphatic heterocycles. The Balaban J connectivity index is 4.04. The predicted octanol–water partition coefficient (Wildman–Crippen LogP) is -0.812. The zero-order valence-corrected chi connectivity index (χ0v) is 6.70. The molecule has 0 aromatic carbocycles. The minimum atomic E-state index is -4.43. The highest BCUT2D eigenvalue weighted by molar-refractivity contribution is 6.24. The summed E-state index contributed by atoms with van der Waals surface area (Å²) in [5, 5.41) is 0. The van der Waals surface area contributed by atoms with Gasteiger partial charge in [0, 0.05) is 10.2 Å². The molecule has 0 bridgehead atoms. The van der Waals surface area contributed by atoms with Crippen LogP contribution in [-0.4, -0.2) is 22.3 Å². The highest BCUT2D eigenvalue weighted by Gasteiger charge is 2.39. The van der Waals surface area contributed by atoms with Crippen LogP contribution in [0, 0.1) is 0 Å². The van der Waals surface area contributed by atoms with Gasteiger partial charge in [0.05, 0.1) is 0 Å². The van der Waals surface area contributed by atoms with Crippen molar-refractivity contribution in [2.45, 2.75) is 11.7 Å². The molecule has 1 unspecified atom stereocenters. The largest absolute Gasteiger partial charge is 0.397 e. The molecule has 9 heavy (non-hydrogen) atoms. The van der Waals surface area contributed by atoms with Crippen LogP contribution in [0.3, 0.4) is 0 Å². The Hall–Kier alpha value is -0.523. The fraction of sp³-hybridized carbons (Fsp3) is 0.667. The second-order valence-corrected chi connectivity index (χ2v) is 2.82. The Morgan fingerprint density at radius 3 is 1.89 bits per heavy atom. The Labute approximate surface area is 52.6 Å². The van der Waals surface area contributed by atoms with Gasteiger partial charge in [-0.15, -0.1) is 0 Å². The van der Waals surface area contributed by atoms with Gasteiger partial charge in [-0.25, -0.2) is 0 Å². The van der Waals surface area contributed by atoms with Gasteiger partial charge in [-0.3, -0.25) is 4.79 Å². The number of halogens is 3. The summed E-state index contributed by atoms with van der Waals surface area (Å²) >= 11 is 0. The van der Waals surface area contributed by atoms with E-state index in [9.17, 15) is 18.0 Å². The molecule has 1 amide bonds.